The summed E-state index contributed by atoms with van der Waals surface area (Å²) < 4.78 is 21.4. The third-order valence-corrected chi connectivity index (χ3v) is 5.48. The minimum Gasteiger partial charge on any atom is -0.497 e. The number of methoxy groups -OCH3 is 2. The third-order valence-electron chi connectivity index (χ3n) is 4.62. The number of carbonyl (C=O) groups is 1. The first-order valence-corrected chi connectivity index (χ1v) is 10.5. The predicted octanol–water partition coefficient (Wildman–Crippen LogP) is 4.29. The lowest BCUT2D eigenvalue weighted by atomic mass is 10.2. The minimum absolute atomic E-state index is 0.0660. The van der Waals surface area contributed by atoms with Gasteiger partial charge in [0.1, 0.15) is 17.3 Å². The van der Waals surface area contributed by atoms with Crippen molar-refractivity contribution in [2.24, 2.45) is 0 Å². The molecule has 0 aliphatic rings. The van der Waals surface area contributed by atoms with Crippen LogP contribution in [-0.4, -0.2) is 41.7 Å². The van der Waals surface area contributed by atoms with Crippen LogP contribution in [0.15, 0.2) is 63.0 Å². The third kappa shape index (κ3) is 4.95. The molecule has 4 rings (SSSR count). The maximum Gasteiger partial charge on any atom is 0.264 e. The maximum atomic E-state index is 12.9. The van der Waals surface area contributed by atoms with Gasteiger partial charge in [0.15, 0.2) is 0 Å². The molecule has 0 spiro atoms. The highest BCUT2D eigenvalue weighted by Gasteiger charge is 2.20. The summed E-state index contributed by atoms with van der Waals surface area (Å²) in [6.07, 6.45) is 2.00. The van der Waals surface area contributed by atoms with Crippen LogP contribution in [0.2, 0.25) is 0 Å². The van der Waals surface area contributed by atoms with Crippen LogP contribution in [0.25, 0.3) is 11.4 Å². The lowest BCUT2D eigenvalue weighted by Gasteiger charge is -2.20. The van der Waals surface area contributed by atoms with Crippen LogP contribution in [0.4, 0.5) is 0 Å². The highest BCUT2D eigenvalue weighted by atomic mass is 32.1. The molecule has 0 bridgehead atoms. The fourth-order valence-corrected chi connectivity index (χ4v) is 3.73. The van der Waals surface area contributed by atoms with Gasteiger partial charge in [-0.15, -0.1) is 11.3 Å². The summed E-state index contributed by atoms with van der Waals surface area (Å²) in [6, 6.07) is 12.7. The zero-order valence-corrected chi connectivity index (χ0v) is 17.9. The number of hydrogen-bond donors (Lipinski definition) is 0. The van der Waals surface area contributed by atoms with Crippen LogP contribution >= 0.6 is 11.3 Å². The molecule has 0 fully saturated rings. The summed E-state index contributed by atoms with van der Waals surface area (Å²) in [4.78, 5) is 19.8. The first-order chi connectivity index (χ1) is 15.2. The zero-order valence-electron chi connectivity index (χ0n) is 17.1. The molecular weight excluding hydrogens is 418 g/mol. The molecule has 1 amide bonds. The van der Waals surface area contributed by atoms with Gasteiger partial charge < -0.3 is 23.3 Å². The van der Waals surface area contributed by atoms with Gasteiger partial charge >= 0.3 is 0 Å². The van der Waals surface area contributed by atoms with Crippen molar-refractivity contribution in [3.63, 3.8) is 0 Å². The van der Waals surface area contributed by atoms with Crippen LogP contribution < -0.4 is 9.47 Å². The zero-order chi connectivity index (χ0) is 21.6. The number of amides is 1. The second kappa shape index (κ2) is 9.48. The Balaban J connectivity index is 1.49. The number of benzene rings is 1. The normalized spacial score (nSPS) is 10.8. The maximum absolute atomic E-state index is 12.9. The molecule has 0 saturated carbocycles. The standard InChI is InChI=1S/C22H21N3O5S/c1-27-17-11-15(12-18(13-17)28-2)21-23-20(30-24-21)7-8-25(14-16-5-3-9-29-16)22(26)19-6-4-10-31-19/h3-6,9-13H,7-8,14H2,1-2H3. The lowest BCUT2D eigenvalue weighted by Crippen LogP contribution is -2.32. The first-order valence-electron chi connectivity index (χ1n) is 9.57. The largest absolute Gasteiger partial charge is 0.497 e. The van der Waals surface area contributed by atoms with Crippen molar-refractivity contribution in [1.29, 1.82) is 0 Å². The Kier molecular flexibility index (Phi) is 6.32. The number of furan rings is 1. The summed E-state index contributed by atoms with van der Waals surface area (Å²) >= 11 is 1.41. The molecule has 4 aromatic rings. The average molecular weight is 439 g/mol. The van der Waals surface area contributed by atoms with Gasteiger partial charge in [-0.1, -0.05) is 11.2 Å². The van der Waals surface area contributed by atoms with Crippen molar-refractivity contribution in [3.8, 4) is 22.9 Å². The SMILES string of the molecule is COc1cc(OC)cc(-c2noc(CCN(Cc3ccco3)C(=O)c3cccs3)n2)c1. The molecule has 0 atom stereocenters. The Hall–Kier alpha value is -3.59. The second-order valence-corrected chi connectivity index (χ2v) is 7.59. The van der Waals surface area contributed by atoms with Gasteiger partial charge in [0.25, 0.3) is 5.91 Å². The minimum atomic E-state index is -0.0660. The van der Waals surface area contributed by atoms with Crippen molar-refractivity contribution in [1.82, 2.24) is 15.0 Å². The molecule has 9 heteroatoms. The molecular formula is C22H21N3O5S. The number of thiophene rings is 1. The molecule has 0 unspecified atom stereocenters. The summed E-state index contributed by atoms with van der Waals surface area (Å²) in [6.45, 7) is 0.762. The van der Waals surface area contributed by atoms with Gasteiger partial charge in [-0.3, -0.25) is 4.79 Å². The number of rotatable bonds is 9. The van der Waals surface area contributed by atoms with E-state index in [1.54, 1.807) is 49.6 Å². The molecule has 31 heavy (non-hydrogen) atoms. The van der Waals surface area contributed by atoms with Crippen molar-refractivity contribution < 1.29 is 23.2 Å². The first kappa shape index (κ1) is 20.7. The Morgan fingerprint density at radius 3 is 2.58 bits per heavy atom. The molecule has 0 aliphatic carbocycles. The van der Waals surface area contributed by atoms with E-state index < -0.39 is 0 Å². The molecule has 1 aromatic carbocycles. The number of carbonyl (C=O) groups excluding carboxylic acids is 1. The smallest absolute Gasteiger partial charge is 0.264 e. The van der Waals surface area contributed by atoms with Crippen LogP contribution in [0.1, 0.15) is 21.3 Å². The molecule has 160 valence electrons. The Morgan fingerprint density at radius 2 is 1.94 bits per heavy atom. The molecule has 0 N–H and O–H groups in total. The fraction of sp³-hybridized carbons (Fsp3) is 0.227. The molecule has 3 aromatic heterocycles. The molecule has 0 aliphatic heterocycles. The van der Waals surface area contributed by atoms with Crippen LogP contribution in [-0.2, 0) is 13.0 Å². The average Bonchev–Trinajstić information content (AvgIpc) is 3.58. The molecule has 8 nitrogen and oxygen atoms in total. The Bertz CT molecular complexity index is 1100. The van der Waals surface area contributed by atoms with Crippen molar-refractivity contribution in [3.05, 3.63) is 70.6 Å². The number of nitrogens with zero attached hydrogens (tertiary/aromatic N) is 3. The van der Waals surface area contributed by atoms with Crippen LogP contribution in [0.3, 0.4) is 0 Å². The summed E-state index contributed by atoms with van der Waals surface area (Å²) in [5.41, 5.74) is 0.716. The number of ether oxygens (including phenoxy) is 2. The molecule has 0 saturated heterocycles. The van der Waals surface area contributed by atoms with Crippen molar-refractivity contribution >= 4 is 17.2 Å². The number of aromatic nitrogens is 2. The van der Waals surface area contributed by atoms with E-state index in [-0.39, 0.29) is 5.91 Å². The molecule has 0 radical (unpaired) electrons. The lowest BCUT2D eigenvalue weighted by molar-refractivity contribution is 0.0735. The van der Waals surface area contributed by atoms with E-state index in [2.05, 4.69) is 10.1 Å². The second-order valence-electron chi connectivity index (χ2n) is 6.65. The van der Waals surface area contributed by atoms with E-state index in [0.29, 0.717) is 58.9 Å². The van der Waals surface area contributed by atoms with Gasteiger partial charge in [0, 0.05) is 24.6 Å². The van der Waals surface area contributed by atoms with E-state index in [0.717, 1.165) is 0 Å². The number of hydrogen-bond acceptors (Lipinski definition) is 8. The predicted molar refractivity (Wildman–Crippen MR) is 114 cm³/mol. The highest BCUT2D eigenvalue weighted by Crippen LogP contribution is 2.28. The van der Waals surface area contributed by atoms with Gasteiger partial charge in [-0.2, -0.15) is 4.98 Å². The summed E-state index contributed by atoms with van der Waals surface area (Å²) in [5.74, 6) is 2.76. The quantitative estimate of drug-likeness (QED) is 0.384. The van der Waals surface area contributed by atoms with E-state index in [1.165, 1.54) is 11.3 Å². The van der Waals surface area contributed by atoms with E-state index in [4.69, 9.17) is 18.4 Å². The van der Waals surface area contributed by atoms with E-state index in [9.17, 15) is 4.79 Å². The molecule has 3 heterocycles. The fourth-order valence-electron chi connectivity index (χ4n) is 3.04. The van der Waals surface area contributed by atoms with Crippen LogP contribution in [0, 0.1) is 0 Å². The monoisotopic (exact) mass is 439 g/mol. The summed E-state index contributed by atoms with van der Waals surface area (Å²) in [7, 11) is 3.16. The van der Waals surface area contributed by atoms with E-state index in [1.807, 2.05) is 23.6 Å². The Morgan fingerprint density at radius 1 is 1.13 bits per heavy atom. The van der Waals surface area contributed by atoms with Crippen LogP contribution in [0.5, 0.6) is 11.5 Å². The van der Waals surface area contributed by atoms with Gasteiger partial charge in [0.2, 0.25) is 11.7 Å². The van der Waals surface area contributed by atoms with Gasteiger partial charge in [-0.25, -0.2) is 0 Å². The van der Waals surface area contributed by atoms with Gasteiger partial charge in [0.05, 0.1) is 31.9 Å². The Labute approximate surface area is 183 Å². The summed E-state index contributed by atoms with van der Waals surface area (Å²) in [5, 5.41) is 5.95. The van der Waals surface area contributed by atoms with E-state index >= 15 is 0 Å². The topological polar surface area (TPSA) is 90.8 Å². The van der Waals surface area contributed by atoms with Gasteiger partial charge in [-0.05, 0) is 35.7 Å². The van der Waals surface area contributed by atoms with Crippen molar-refractivity contribution in [2.75, 3.05) is 20.8 Å². The van der Waals surface area contributed by atoms with Crippen molar-refractivity contribution in [2.45, 2.75) is 13.0 Å². The highest BCUT2D eigenvalue weighted by molar-refractivity contribution is 7.12.